The summed E-state index contributed by atoms with van der Waals surface area (Å²) in [6.07, 6.45) is 2.27. The standard InChI is InChI=1S/C6H7N/c1-3-4-6(2)5-7/h3H,1-2,4H2. The van der Waals surface area contributed by atoms with Gasteiger partial charge >= 0.3 is 0 Å². The van der Waals surface area contributed by atoms with E-state index in [1.54, 1.807) is 6.08 Å². The molecular weight excluding hydrogens is 86.1 g/mol. The van der Waals surface area contributed by atoms with Crippen LogP contribution in [0.15, 0.2) is 24.8 Å². The largest absolute Gasteiger partial charge is 0.193 e. The lowest BCUT2D eigenvalue weighted by Crippen LogP contribution is -1.66. The number of rotatable bonds is 2. The third-order valence-corrected chi connectivity index (χ3v) is 0.549. The van der Waals surface area contributed by atoms with Crippen molar-refractivity contribution in [3.8, 4) is 6.07 Å². The normalized spacial score (nSPS) is 6.71. The first-order valence-electron chi connectivity index (χ1n) is 2.00. The highest BCUT2D eigenvalue weighted by molar-refractivity contribution is 5.18. The van der Waals surface area contributed by atoms with Crippen LogP contribution in [0, 0.1) is 11.3 Å². The summed E-state index contributed by atoms with van der Waals surface area (Å²) in [7, 11) is 0. The quantitative estimate of drug-likeness (QED) is 0.376. The topological polar surface area (TPSA) is 23.8 Å². The Balaban J connectivity index is 3.43. The molecule has 0 bridgehead atoms. The molecule has 7 heavy (non-hydrogen) atoms. The third-order valence-electron chi connectivity index (χ3n) is 0.549. The molecule has 0 aromatic heterocycles. The van der Waals surface area contributed by atoms with Crippen molar-refractivity contribution >= 4 is 0 Å². The second kappa shape index (κ2) is 3.17. The molecule has 1 heteroatoms. The second-order valence-electron chi connectivity index (χ2n) is 1.21. The van der Waals surface area contributed by atoms with Crippen LogP contribution in [0.1, 0.15) is 6.42 Å². The van der Waals surface area contributed by atoms with E-state index in [1.807, 2.05) is 6.07 Å². The van der Waals surface area contributed by atoms with E-state index in [4.69, 9.17) is 5.26 Å². The average Bonchev–Trinajstić information content (AvgIpc) is 1.68. The van der Waals surface area contributed by atoms with Crippen molar-refractivity contribution in [1.82, 2.24) is 0 Å². The molecule has 1 nitrogen and oxygen atoms in total. The summed E-state index contributed by atoms with van der Waals surface area (Å²) in [6.45, 7) is 6.87. The fourth-order valence-electron chi connectivity index (χ4n) is 0.220. The molecule has 0 spiro atoms. The molecule has 0 aromatic rings. The lowest BCUT2D eigenvalue weighted by molar-refractivity contribution is 1.30. The summed E-state index contributed by atoms with van der Waals surface area (Å²) in [5, 5.41) is 8.07. The molecule has 0 aliphatic rings. The molecule has 0 unspecified atom stereocenters. The van der Waals surface area contributed by atoms with Crippen LogP contribution in [0.2, 0.25) is 0 Å². The molecule has 0 amide bonds. The van der Waals surface area contributed by atoms with Crippen LogP contribution in [-0.2, 0) is 0 Å². The number of hydrogen-bond acceptors (Lipinski definition) is 1. The number of nitrogens with zero attached hydrogens (tertiary/aromatic N) is 1. The summed E-state index contributed by atoms with van der Waals surface area (Å²) in [5.74, 6) is 0. The van der Waals surface area contributed by atoms with Gasteiger partial charge in [0.25, 0.3) is 0 Å². The van der Waals surface area contributed by atoms with Gasteiger partial charge in [-0.15, -0.1) is 6.58 Å². The summed E-state index contributed by atoms with van der Waals surface area (Å²) in [5.41, 5.74) is 0.565. The van der Waals surface area contributed by atoms with Gasteiger partial charge in [-0.3, -0.25) is 0 Å². The first kappa shape index (κ1) is 5.97. The lowest BCUT2D eigenvalue weighted by atomic mass is 10.2. The Morgan fingerprint density at radius 3 is 2.57 bits per heavy atom. The SMILES string of the molecule is C=CCC(=C)C#N. The monoisotopic (exact) mass is 93.1 g/mol. The van der Waals surface area contributed by atoms with E-state index in [0.29, 0.717) is 12.0 Å². The van der Waals surface area contributed by atoms with E-state index in [1.165, 1.54) is 0 Å². The van der Waals surface area contributed by atoms with E-state index < -0.39 is 0 Å². The van der Waals surface area contributed by atoms with Crippen LogP contribution in [-0.4, -0.2) is 0 Å². The maximum absolute atomic E-state index is 8.07. The van der Waals surface area contributed by atoms with E-state index >= 15 is 0 Å². The minimum absolute atomic E-state index is 0.565. The van der Waals surface area contributed by atoms with Gasteiger partial charge in [0.2, 0.25) is 0 Å². The summed E-state index contributed by atoms with van der Waals surface area (Å²) in [4.78, 5) is 0. The van der Waals surface area contributed by atoms with Gasteiger partial charge in [0.1, 0.15) is 0 Å². The zero-order chi connectivity index (χ0) is 5.70. The van der Waals surface area contributed by atoms with Crippen molar-refractivity contribution in [3.63, 3.8) is 0 Å². The zero-order valence-corrected chi connectivity index (χ0v) is 4.15. The smallest absolute Gasteiger partial charge is 0.0944 e. The van der Waals surface area contributed by atoms with Crippen LogP contribution in [0.5, 0.6) is 0 Å². The highest BCUT2D eigenvalue weighted by atomic mass is 14.2. The van der Waals surface area contributed by atoms with Gasteiger partial charge in [0.05, 0.1) is 6.07 Å². The van der Waals surface area contributed by atoms with Crippen molar-refractivity contribution < 1.29 is 0 Å². The molecule has 0 N–H and O–H groups in total. The van der Waals surface area contributed by atoms with E-state index in [9.17, 15) is 0 Å². The molecule has 0 atom stereocenters. The predicted octanol–water partition coefficient (Wildman–Crippen LogP) is 1.64. The Kier molecular flexibility index (Phi) is 2.70. The number of nitriles is 1. The van der Waals surface area contributed by atoms with Crippen LogP contribution in [0.25, 0.3) is 0 Å². The van der Waals surface area contributed by atoms with Gasteiger partial charge < -0.3 is 0 Å². The zero-order valence-electron chi connectivity index (χ0n) is 4.15. The van der Waals surface area contributed by atoms with E-state index in [0.717, 1.165) is 0 Å². The Morgan fingerprint density at radius 1 is 1.86 bits per heavy atom. The molecule has 0 saturated heterocycles. The van der Waals surface area contributed by atoms with Crippen LogP contribution < -0.4 is 0 Å². The van der Waals surface area contributed by atoms with Gasteiger partial charge in [-0.1, -0.05) is 12.7 Å². The van der Waals surface area contributed by atoms with Gasteiger partial charge in [-0.2, -0.15) is 5.26 Å². The highest BCUT2D eigenvalue weighted by Gasteiger charge is 1.80. The van der Waals surface area contributed by atoms with Crippen molar-refractivity contribution in [1.29, 1.82) is 5.26 Å². The molecule has 0 rings (SSSR count). The minimum Gasteiger partial charge on any atom is -0.193 e. The third kappa shape index (κ3) is 2.78. The van der Waals surface area contributed by atoms with Crippen molar-refractivity contribution in [2.75, 3.05) is 0 Å². The first-order chi connectivity index (χ1) is 3.31. The summed E-state index contributed by atoms with van der Waals surface area (Å²) in [6, 6.07) is 1.90. The van der Waals surface area contributed by atoms with Crippen molar-refractivity contribution in [3.05, 3.63) is 24.8 Å². The lowest BCUT2D eigenvalue weighted by Gasteiger charge is -1.79. The predicted molar refractivity (Wildman–Crippen MR) is 29.6 cm³/mol. The average molecular weight is 93.1 g/mol. The Bertz CT molecular complexity index is 117. The molecule has 0 fully saturated rings. The maximum Gasteiger partial charge on any atom is 0.0944 e. The Labute approximate surface area is 43.6 Å². The number of hydrogen-bond donors (Lipinski definition) is 0. The molecule has 0 aliphatic carbocycles. The fraction of sp³-hybridized carbons (Fsp3) is 0.167. The highest BCUT2D eigenvalue weighted by Crippen LogP contribution is 1.92. The van der Waals surface area contributed by atoms with Gasteiger partial charge in [-0.05, 0) is 6.42 Å². The second-order valence-corrected chi connectivity index (χ2v) is 1.21. The molecule has 0 saturated carbocycles. The van der Waals surface area contributed by atoms with E-state index in [2.05, 4.69) is 13.2 Å². The van der Waals surface area contributed by atoms with Gasteiger partial charge in [-0.25, -0.2) is 0 Å². The van der Waals surface area contributed by atoms with Crippen molar-refractivity contribution in [2.24, 2.45) is 0 Å². The molecular formula is C6H7N. The van der Waals surface area contributed by atoms with Gasteiger partial charge in [0, 0.05) is 5.57 Å². The van der Waals surface area contributed by atoms with Crippen LogP contribution >= 0.6 is 0 Å². The number of allylic oxidation sites excluding steroid dienone is 2. The Morgan fingerprint density at radius 2 is 2.43 bits per heavy atom. The fourth-order valence-corrected chi connectivity index (χ4v) is 0.220. The molecule has 0 radical (unpaired) electrons. The minimum atomic E-state index is 0.565. The molecule has 0 aromatic carbocycles. The molecule has 0 heterocycles. The first-order valence-corrected chi connectivity index (χ1v) is 2.00. The van der Waals surface area contributed by atoms with Gasteiger partial charge in [0.15, 0.2) is 0 Å². The summed E-state index contributed by atoms with van der Waals surface area (Å²) < 4.78 is 0. The van der Waals surface area contributed by atoms with Crippen molar-refractivity contribution in [2.45, 2.75) is 6.42 Å². The summed E-state index contributed by atoms with van der Waals surface area (Å²) >= 11 is 0. The maximum atomic E-state index is 8.07. The molecule has 0 aliphatic heterocycles. The Hall–Kier alpha value is -1.03. The van der Waals surface area contributed by atoms with E-state index in [-0.39, 0.29) is 0 Å². The van der Waals surface area contributed by atoms with Crippen LogP contribution in [0.4, 0.5) is 0 Å². The van der Waals surface area contributed by atoms with Crippen LogP contribution in [0.3, 0.4) is 0 Å². The molecule has 36 valence electrons.